The monoisotopic (exact) mass is 399 g/mol. The molecule has 7 heteroatoms. The third kappa shape index (κ3) is 4.34. The van der Waals surface area contributed by atoms with Crippen LogP contribution < -0.4 is 15.0 Å². The summed E-state index contributed by atoms with van der Waals surface area (Å²) in [7, 11) is 1.91. The fourth-order valence-corrected chi connectivity index (χ4v) is 4.01. The molecule has 2 N–H and O–H groups in total. The molecular weight excluding hydrogens is 373 g/mol. The van der Waals surface area contributed by atoms with Gasteiger partial charge < -0.3 is 20.1 Å². The molecule has 4 rings (SSSR count). The third-order valence-corrected chi connectivity index (χ3v) is 5.63. The van der Waals surface area contributed by atoms with Crippen molar-refractivity contribution in [2.45, 2.75) is 44.2 Å². The van der Waals surface area contributed by atoms with Gasteiger partial charge >= 0.3 is 0 Å². The summed E-state index contributed by atoms with van der Waals surface area (Å²) in [5, 5.41) is 13.1. The van der Waals surface area contributed by atoms with Crippen LogP contribution in [-0.4, -0.2) is 48.3 Å². The fraction of sp³-hybridized carbons (Fsp3) is 0.455. The fourth-order valence-electron chi connectivity index (χ4n) is 4.01. The van der Waals surface area contributed by atoms with Crippen molar-refractivity contribution >= 4 is 11.7 Å². The summed E-state index contributed by atoms with van der Waals surface area (Å²) in [6, 6.07) is 7.87. The molecule has 1 aromatic carbocycles. The van der Waals surface area contributed by atoms with E-state index in [1.807, 2.05) is 18.0 Å². The Balaban J connectivity index is 1.65. The van der Waals surface area contributed by atoms with Crippen LogP contribution in [-0.2, 0) is 6.42 Å². The lowest BCUT2D eigenvalue weighted by Crippen LogP contribution is -2.45. The van der Waals surface area contributed by atoms with Crippen LogP contribution in [0.4, 0.5) is 10.2 Å². The number of ether oxygens (including phenoxy) is 1. The number of anilines is 1. The molecule has 1 saturated carbocycles. The van der Waals surface area contributed by atoms with Gasteiger partial charge in [-0.05, 0) is 36.6 Å². The number of likely N-dealkylation sites (N-methyl/N-ethyl adjacent to an activating group) is 1. The van der Waals surface area contributed by atoms with Crippen LogP contribution in [0.5, 0.6) is 5.75 Å². The summed E-state index contributed by atoms with van der Waals surface area (Å²) in [6.07, 6.45) is 3.33. The molecule has 0 unspecified atom stereocenters. The van der Waals surface area contributed by atoms with Crippen LogP contribution in [0.2, 0.25) is 0 Å². The van der Waals surface area contributed by atoms with Crippen molar-refractivity contribution in [2.24, 2.45) is 0 Å². The first-order chi connectivity index (χ1) is 14.0. The molecule has 2 aromatic rings. The first-order valence-corrected chi connectivity index (χ1v) is 10.1. The molecule has 1 amide bonds. The van der Waals surface area contributed by atoms with E-state index in [2.05, 4.69) is 10.3 Å². The number of aliphatic hydroxyl groups excluding tert-OH is 1. The highest BCUT2D eigenvalue weighted by Crippen LogP contribution is 2.34. The second kappa shape index (κ2) is 8.37. The molecule has 1 aliphatic carbocycles. The quantitative estimate of drug-likeness (QED) is 0.827. The van der Waals surface area contributed by atoms with Crippen LogP contribution in [0.1, 0.15) is 47.3 Å². The number of benzene rings is 1. The Labute approximate surface area is 169 Å². The molecular formula is C22H26FN3O3. The van der Waals surface area contributed by atoms with Crippen molar-refractivity contribution in [3.05, 3.63) is 53.0 Å². The molecule has 29 heavy (non-hydrogen) atoms. The Morgan fingerprint density at radius 1 is 1.34 bits per heavy atom. The number of nitrogens with zero attached hydrogens (tertiary/aromatic N) is 2. The van der Waals surface area contributed by atoms with Crippen LogP contribution in [0, 0.1) is 5.82 Å². The van der Waals surface area contributed by atoms with Crippen molar-refractivity contribution in [3.8, 4) is 5.75 Å². The van der Waals surface area contributed by atoms with E-state index in [1.165, 1.54) is 12.1 Å². The Kier molecular flexibility index (Phi) is 5.67. The summed E-state index contributed by atoms with van der Waals surface area (Å²) in [5.74, 6) is 0.641. The van der Waals surface area contributed by atoms with Gasteiger partial charge in [0.25, 0.3) is 5.91 Å². The van der Waals surface area contributed by atoms with E-state index in [0.29, 0.717) is 37.6 Å². The zero-order valence-electron chi connectivity index (χ0n) is 16.5. The van der Waals surface area contributed by atoms with Gasteiger partial charge in [-0.3, -0.25) is 4.79 Å². The summed E-state index contributed by atoms with van der Waals surface area (Å²) >= 11 is 0. The van der Waals surface area contributed by atoms with Gasteiger partial charge in [0.15, 0.2) is 11.6 Å². The summed E-state index contributed by atoms with van der Waals surface area (Å²) in [4.78, 5) is 19.4. The molecule has 2 heterocycles. The number of carbonyl (C=O) groups excluding carboxylic acids is 1. The molecule has 2 aliphatic rings. The minimum atomic E-state index is -0.525. The lowest BCUT2D eigenvalue weighted by molar-refractivity contribution is 0.0713. The Bertz CT molecular complexity index is 905. The van der Waals surface area contributed by atoms with Crippen molar-refractivity contribution in [2.75, 3.05) is 25.1 Å². The minimum Gasteiger partial charge on any atom is -0.488 e. The van der Waals surface area contributed by atoms with E-state index >= 15 is 0 Å². The SMILES string of the molecule is CN1CCOc2c(Cc3cccc(F)c3)cc(C(=O)N[C@H]3CCCC[C@@H]3O)nc21. The maximum absolute atomic E-state index is 13.6. The largest absolute Gasteiger partial charge is 0.488 e. The highest BCUT2D eigenvalue weighted by atomic mass is 19.1. The molecule has 154 valence electrons. The third-order valence-electron chi connectivity index (χ3n) is 5.63. The minimum absolute atomic E-state index is 0.255. The Morgan fingerprint density at radius 2 is 2.17 bits per heavy atom. The van der Waals surface area contributed by atoms with E-state index in [9.17, 15) is 14.3 Å². The molecule has 2 atom stereocenters. The number of rotatable bonds is 4. The molecule has 1 aliphatic heterocycles. The van der Waals surface area contributed by atoms with E-state index in [0.717, 1.165) is 30.4 Å². The molecule has 0 bridgehead atoms. The average Bonchev–Trinajstić information content (AvgIpc) is 2.70. The lowest BCUT2D eigenvalue weighted by Gasteiger charge is -2.30. The number of amides is 1. The number of carbonyl (C=O) groups is 1. The van der Waals surface area contributed by atoms with E-state index in [-0.39, 0.29) is 23.5 Å². The highest BCUT2D eigenvalue weighted by Gasteiger charge is 2.28. The molecule has 0 radical (unpaired) electrons. The number of halogens is 1. The van der Waals surface area contributed by atoms with Crippen LogP contribution >= 0.6 is 0 Å². The summed E-state index contributed by atoms with van der Waals surface area (Å²) < 4.78 is 19.5. The van der Waals surface area contributed by atoms with Crippen LogP contribution in [0.15, 0.2) is 30.3 Å². The van der Waals surface area contributed by atoms with Crippen LogP contribution in [0.3, 0.4) is 0 Å². The number of hydrogen-bond acceptors (Lipinski definition) is 5. The van der Waals surface area contributed by atoms with Gasteiger partial charge in [-0.1, -0.05) is 25.0 Å². The second-order valence-corrected chi connectivity index (χ2v) is 7.83. The normalized spacial score (nSPS) is 21.3. The van der Waals surface area contributed by atoms with Crippen molar-refractivity contribution in [3.63, 3.8) is 0 Å². The average molecular weight is 399 g/mol. The first kappa shape index (κ1) is 19.6. The van der Waals surface area contributed by atoms with E-state index in [4.69, 9.17) is 4.74 Å². The summed E-state index contributed by atoms with van der Waals surface area (Å²) in [6.45, 7) is 1.20. The van der Waals surface area contributed by atoms with Crippen molar-refractivity contribution < 1.29 is 19.0 Å². The standard InChI is InChI=1S/C22H26FN3O3/c1-26-9-10-29-20-15(11-14-5-4-6-16(23)12-14)13-18(24-21(20)26)22(28)25-17-7-2-3-8-19(17)27/h4-6,12-13,17,19,27H,2-3,7-11H2,1H3,(H,25,28)/t17-,19-/m0/s1. The van der Waals surface area contributed by atoms with Crippen LogP contribution in [0.25, 0.3) is 0 Å². The Hall–Kier alpha value is -2.67. The number of fused-ring (bicyclic) bond motifs is 1. The van der Waals surface area contributed by atoms with Gasteiger partial charge in [0.2, 0.25) is 0 Å². The topological polar surface area (TPSA) is 74.7 Å². The number of aliphatic hydroxyl groups is 1. The van der Waals surface area contributed by atoms with Crippen molar-refractivity contribution in [1.29, 1.82) is 0 Å². The molecule has 0 spiro atoms. The molecule has 1 aromatic heterocycles. The van der Waals surface area contributed by atoms with E-state index in [1.54, 1.807) is 12.1 Å². The molecule has 0 saturated heterocycles. The zero-order chi connectivity index (χ0) is 20.4. The molecule has 1 fully saturated rings. The molecule has 6 nitrogen and oxygen atoms in total. The highest BCUT2D eigenvalue weighted by molar-refractivity contribution is 5.93. The van der Waals surface area contributed by atoms with Gasteiger partial charge in [0.1, 0.15) is 18.1 Å². The van der Waals surface area contributed by atoms with Gasteiger partial charge in [-0.15, -0.1) is 0 Å². The van der Waals surface area contributed by atoms with Crippen molar-refractivity contribution in [1.82, 2.24) is 10.3 Å². The number of aromatic nitrogens is 1. The van der Waals surface area contributed by atoms with Gasteiger partial charge in [-0.25, -0.2) is 9.37 Å². The van der Waals surface area contributed by atoms with Gasteiger partial charge in [-0.2, -0.15) is 0 Å². The lowest BCUT2D eigenvalue weighted by atomic mass is 9.92. The number of pyridine rings is 1. The first-order valence-electron chi connectivity index (χ1n) is 10.1. The van der Waals surface area contributed by atoms with Gasteiger partial charge in [0.05, 0.1) is 18.7 Å². The predicted octanol–water partition coefficient (Wildman–Crippen LogP) is 2.67. The van der Waals surface area contributed by atoms with E-state index < -0.39 is 6.10 Å². The number of nitrogens with one attached hydrogen (secondary N) is 1. The smallest absolute Gasteiger partial charge is 0.270 e. The second-order valence-electron chi connectivity index (χ2n) is 7.83. The predicted molar refractivity (Wildman–Crippen MR) is 108 cm³/mol. The number of hydrogen-bond donors (Lipinski definition) is 2. The zero-order valence-corrected chi connectivity index (χ0v) is 16.5. The maximum Gasteiger partial charge on any atom is 0.270 e. The Morgan fingerprint density at radius 3 is 2.97 bits per heavy atom. The van der Waals surface area contributed by atoms with Gasteiger partial charge in [0, 0.05) is 19.0 Å². The summed E-state index contributed by atoms with van der Waals surface area (Å²) in [5.41, 5.74) is 1.87. The maximum atomic E-state index is 13.6.